The molecular weight excluding hydrogens is 414 g/mol. The summed E-state index contributed by atoms with van der Waals surface area (Å²) in [6.45, 7) is 9.30. The summed E-state index contributed by atoms with van der Waals surface area (Å²) in [6.07, 6.45) is 3.72. The van der Waals surface area contributed by atoms with E-state index in [9.17, 15) is 20.2 Å². The molecule has 2 aromatic rings. The van der Waals surface area contributed by atoms with Crippen molar-refractivity contribution < 1.29 is 14.6 Å². The Bertz CT molecular complexity index is 1140. The predicted molar refractivity (Wildman–Crippen MR) is 125 cm³/mol. The van der Waals surface area contributed by atoms with Gasteiger partial charge in [-0.1, -0.05) is 6.08 Å². The zero-order valence-corrected chi connectivity index (χ0v) is 18.6. The van der Waals surface area contributed by atoms with Crippen LogP contribution in [0.2, 0.25) is 0 Å². The van der Waals surface area contributed by atoms with Gasteiger partial charge in [0.2, 0.25) is 0 Å². The van der Waals surface area contributed by atoms with Crippen molar-refractivity contribution in [3.63, 3.8) is 0 Å². The minimum Gasteiger partial charge on any atom is -0.496 e. The number of nitrogens with one attached hydrogen (secondary N) is 1. The number of ether oxygens (including phenoxy) is 1. The number of non-ortho nitro benzene ring substituents is 1. The third-order valence-corrected chi connectivity index (χ3v) is 5.42. The van der Waals surface area contributed by atoms with E-state index < -0.39 is 15.5 Å². The maximum atomic E-state index is 11.3. The van der Waals surface area contributed by atoms with Gasteiger partial charge in [0, 0.05) is 35.5 Å². The molecule has 32 heavy (non-hydrogen) atoms. The van der Waals surface area contributed by atoms with Crippen molar-refractivity contribution in [1.29, 1.82) is 0 Å². The number of fused-ring (bicyclic) bond motifs is 1. The highest BCUT2D eigenvalue weighted by molar-refractivity contribution is 5.91. The number of nitrogens with zero attached hydrogens (tertiary/aromatic N) is 4. The van der Waals surface area contributed by atoms with Crippen molar-refractivity contribution in [1.82, 2.24) is 0 Å². The second-order valence-corrected chi connectivity index (χ2v) is 7.92. The number of benzene rings is 2. The SMILES string of the molecule is CCN1c2cc(OC)c(/C=N\Nc3ccc([N+](=O)[O-])cc3[N+](=O)[O-])cc2C(C)=CC1(C)C. The molecule has 0 atom stereocenters. The summed E-state index contributed by atoms with van der Waals surface area (Å²) in [5.41, 5.74) is 5.64. The molecule has 0 spiro atoms. The van der Waals surface area contributed by atoms with Gasteiger partial charge in [-0.3, -0.25) is 25.7 Å². The van der Waals surface area contributed by atoms with Gasteiger partial charge >= 0.3 is 5.69 Å². The summed E-state index contributed by atoms with van der Waals surface area (Å²) in [5.74, 6) is 0.608. The van der Waals surface area contributed by atoms with Crippen LogP contribution in [0.15, 0.2) is 41.5 Å². The third-order valence-electron chi connectivity index (χ3n) is 5.42. The molecule has 0 saturated carbocycles. The molecule has 0 bridgehead atoms. The zero-order chi connectivity index (χ0) is 23.6. The Hall–Kier alpha value is -3.95. The minimum absolute atomic E-state index is 0.0451. The average molecular weight is 439 g/mol. The number of methoxy groups -OCH3 is 1. The first kappa shape index (κ1) is 22.7. The van der Waals surface area contributed by atoms with E-state index in [1.807, 2.05) is 12.1 Å². The molecule has 10 nitrogen and oxygen atoms in total. The molecule has 0 radical (unpaired) electrons. The van der Waals surface area contributed by atoms with Crippen LogP contribution in [0.3, 0.4) is 0 Å². The van der Waals surface area contributed by atoms with Crippen LogP contribution in [0.5, 0.6) is 5.75 Å². The number of nitro groups is 2. The first-order chi connectivity index (χ1) is 15.1. The fourth-order valence-corrected chi connectivity index (χ4v) is 4.03. The predicted octanol–water partition coefficient (Wildman–Crippen LogP) is 4.98. The van der Waals surface area contributed by atoms with Gasteiger partial charge in [-0.05, 0) is 45.4 Å². The van der Waals surface area contributed by atoms with Gasteiger partial charge in [0.25, 0.3) is 5.69 Å². The van der Waals surface area contributed by atoms with Gasteiger partial charge < -0.3 is 9.64 Å². The van der Waals surface area contributed by atoms with E-state index in [1.54, 1.807) is 7.11 Å². The molecule has 0 aromatic heterocycles. The van der Waals surface area contributed by atoms with Crippen LogP contribution in [0.25, 0.3) is 5.57 Å². The van der Waals surface area contributed by atoms with Crippen molar-refractivity contribution in [2.45, 2.75) is 33.2 Å². The van der Waals surface area contributed by atoms with Gasteiger partial charge in [-0.25, -0.2) is 0 Å². The summed E-state index contributed by atoms with van der Waals surface area (Å²) in [4.78, 5) is 23.1. The summed E-state index contributed by atoms with van der Waals surface area (Å²) in [5, 5.41) is 26.3. The normalized spacial score (nSPS) is 14.7. The Morgan fingerprint density at radius 2 is 1.91 bits per heavy atom. The van der Waals surface area contributed by atoms with Crippen molar-refractivity contribution in [2.75, 3.05) is 24.0 Å². The molecule has 0 saturated heterocycles. The van der Waals surface area contributed by atoms with Gasteiger partial charge in [0.1, 0.15) is 11.4 Å². The van der Waals surface area contributed by atoms with E-state index in [4.69, 9.17) is 4.74 Å². The van der Waals surface area contributed by atoms with Gasteiger partial charge in [0.05, 0.1) is 34.8 Å². The van der Waals surface area contributed by atoms with Crippen LogP contribution in [-0.2, 0) is 0 Å². The summed E-state index contributed by atoms with van der Waals surface area (Å²) in [6, 6.07) is 7.26. The van der Waals surface area contributed by atoms with Crippen LogP contribution in [0, 0.1) is 20.2 Å². The number of hydrogen-bond acceptors (Lipinski definition) is 8. The lowest BCUT2D eigenvalue weighted by Crippen LogP contribution is -2.44. The number of anilines is 2. The molecule has 0 amide bonds. The van der Waals surface area contributed by atoms with Crippen LogP contribution in [0.1, 0.15) is 38.8 Å². The summed E-state index contributed by atoms with van der Waals surface area (Å²) < 4.78 is 5.57. The van der Waals surface area contributed by atoms with E-state index in [0.29, 0.717) is 11.3 Å². The molecule has 1 aliphatic rings. The van der Waals surface area contributed by atoms with Gasteiger partial charge in [-0.15, -0.1) is 0 Å². The van der Waals surface area contributed by atoms with Crippen LogP contribution >= 0.6 is 0 Å². The Kier molecular flexibility index (Phi) is 6.15. The molecule has 3 rings (SSSR count). The highest BCUT2D eigenvalue weighted by Crippen LogP contribution is 2.41. The fourth-order valence-electron chi connectivity index (χ4n) is 4.03. The van der Waals surface area contributed by atoms with Gasteiger partial charge in [-0.2, -0.15) is 5.10 Å². The number of nitro benzene ring substituents is 2. The van der Waals surface area contributed by atoms with E-state index in [0.717, 1.165) is 29.4 Å². The smallest absolute Gasteiger partial charge is 0.301 e. The first-order valence-corrected chi connectivity index (χ1v) is 10.0. The molecule has 10 heteroatoms. The molecule has 0 unspecified atom stereocenters. The Morgan fingerprint density at radius 3 is 2.50 bits per heavy atom. The topological polar surface area (TPSA) is 123 Å². The number of hydrogen-bond donors (Lipinski definition) is 1. The van der Waals surface area contributed by atoms with E-state index in [-0.39, 0.29) is 16.9 Å². The van der Waals surface area contributed by atoms with Crippen molar-refractivity contribution >= 4 is 34.5 Å². The molecule has 1 N–H and O–H groups in total. The summed E-state index contributed by atoms with van der Waals surface area (Å²) >= 11 is 0. The average Bonchev–Trinajstić information content (AvgIpc) is 2.73. The maximum absolute atomic E-state index is 11.3. The number of allylic oxidation sites excluding steroid dienone is 1. The molecule has 1 heterocycles. The zero-order valence-electron chi connectivity index (χ0n) is 18.6. The van der Waals surface area contributed by atoms with Crippen LogP contribution in [-0.4, -0.2) is 35.3 Å². The van der Waals surface area contributed by atoms with E-state index in [2.05, 4.69) is 49.2 Å². The van der Waals surface area contributed by atoms with Crippen LogP contribution < -0.4 is 15.1 Å². The molecule has 0 aliphatic carbocycles. The molecule has 168 valence electrons. The largest absolute Gasteiger partial charge is 0.496 e. The minimum atomic E-state index is -0.695. The Balaban J connectivity index is 1.96. The summed E-state index contributed by atoms with van der Waals surface area (Å²) in [7, 11) is 1.57. The lowest BCUT2D eigenvalue weighted by Gasteiger charge is -2.43. The Labute approximate surface area is 185 Å². The Morgan fingerprint density at radius 1 is 1.19 bits per heavy atom. The second-order valence-electron chi connectivity index (χ2n) is 7.92. The van der Waals surface area contributed by atoms with Crippen molar-refractivity contribution in [2.24, 2.45) is 5.10 Å². The lowest BCUT2D eigenvalue weighted by molar-refractivity contribution is -0.393. The second kappa shape index (κ2) is 8.66. The van der Waals surface area contributed by atoms with Crippen molar-refractivity contribution in [3.05, 3.63) is 67.8 Å². The number of rotatable bonds is 7. The quantitative estimate of drug-likeness (QED) is 0.366. The van der Waals surface area contributed by atoms with Crippen molar-refractivity contribution in [3.8, 4) is 5.75 Å². The monoisotopic (exact) mass is 439 g/mol. The highest BCUT2D eigenvalue weighted by Gasteiger charge is 2.31. The van der Waals surface area contributed by atoms with Gasteiger partial charge in [0.15, 0.2) is 0 Å². The molecular formula is C22H25N5O5. The molecule has 0 fully saturated rings. The molecule has 2 aromatic carbocycles. The van der Waals surface area contributed by atoms with Crippen LogP contribution in [0.4, 0.5) is 22.7 Å². The standard InChI is InChI=1S/C22H25N5O5/c1-6-25-19-11-21(32-5)15(9-17(19)14(2)12-22(25,3)4)13-23-24-18-8-7-16(26(28)29)10-20(18)27(30)31/h7-13,24H,6H2,1-5H3/b23-13-. The molecule has 1 aliphatic heterocycles. The highest BCUT2D eigenvalue weighted by atomic mass is 16.6. The first-order valence-electron chi connectivity index (χ1n) is 10.0. The maximum Gasteiger partial charge on any atom is 0.301 e. The number of hydrazone groups is 1. The lowest BCUT2D eigenvalue weighted by atomic mass is 9.88. The van der Waals surface area contributed by atoms with E-state index >= 15 is 0 Å². The third kappa shape index (κ3) is 4.25. The number of likely N-dealkylation sites (N-methyl/N-ethyl adjacent to an activating group) is 1. The van der Waals surface area contributed by atoms with E-state index in [1.165, 1.54) is 18.3 Å². The fraction of sp³-hybridized carbons (Fsp3) is 0.318.